The number of aryl methyl sites for hydroxylation is 2. The molecule has 78 valence electrons. The number of carboxylic acid groups (broad SMARTS) is 1. The maximum absolute atomic E-state index is 10.7. The highest BCUT2D eigenvalue weighted by Gasteiger charge is 2.17. The molecule has 0 aliphatic carbocycles. The third kappa shape index (κ3) is 2.14. The number of carboxylic acids is 1. The summed E-state index contributed by atoms with van der Waals surface area (Å²) in [5.74, 6) is -0.931. The number of hydrogen-bond acceptors (Lipinski definition) is 2. The second kappa shape index (κ2) is 4.28. The van der Waals surface area contributed by atoms with Gasteiger partial charge in [-0.3, -0.25) is 0 Å². The van der Waals surface area contributed by atoms with Crippen LogP contribution in [0, 0.1) is 13.8 Å². The lowest BCUT2D eigenvalue weighted by Crippen LogP contribution is -2.28. The fourth-order valence-electron chi connectivity index (χ4n) is 1.41. The van der Waals surface area contributed by atoms with E-state index in [1.54, 1.807) is 0 Å². The van der Waals surface area contributed by atoms with E-state index < -0.39 is 12.1 Å². The van der Waals surface area contributed by atoms with Crippen molar-refractivity contribution in [2.45, 2.75) is 26.5 Å². The number of methoxy groups -OCH3 is 1. The molecule has 0 bridgehead atoms. The van der Waals surface area contributed by atoms with Crippen LogP contribution in [0.15, 0.2) is 12.1 Å². The average molecular weight is 197 g/mol. The van der Waals surface area contributed by atoms with Gasteiger partial charge in [0.1, 0.15) is 0 Å². The van der Waals surface area contributed by atoms with E-state index in [1.807, 2.05) is 30.5 Å². The Bertz CT molecular complexity index is 311. The Morgan fingerprint density at radius 3 is 2.36 bits per heavy atom. The van der Waals surface area contributed by atoms with Gasteiger partial charge in [-0.15, -0.1) is 0 Å². The summed E-state index contributed by atoms with van der Waals surface area (Å²) in [5, 5.41) is 8.82. The van der Waals surface area contributed by atoms with E-state index in [2.05, 4.69) is 0 Å². The molecule has 1 unspecified atom stereocenters. The van der Waals surface area contributed by atoms with Crippen LogP contribution in [0.4, 0.5) is 0 Å². The topological polar surface area (TPSA) is 51.5 Å². The van der Waals surface area contributed by atoms with E-state index in [0.29, 0.717) is 6.54 Å². The van der Waals surface area contributed by atoms with Crippen LogP contribution in [0.5, 0.6) is 0 Å². The van der Waals surface area contributed by atoms with Crippen LogP contribution in [0.2, 0.25) is 0 Å². The van der Waals surface area contributed by atoms with Gasteiger partial charge in [-0.1, -0.05) is 0 Å². The fourth-order valence-corrected chi connectivity index (χ4v) is 1.41. The van der Waals surface area contributed by atoms with Crippen LogP contribution in [-0.2, 0) is 16.1 Å². The largest absolute Gasteiger partial charge is 0.479 e. The number of hydrogen-bond donors (Lipinski definition) is 1. The SMILES string of the molecule is COC(Cn1c(C)ccc1C)C(=O)O. The normalized spacial score (nSPS) is 12.8. The van der Waals surface area contributed by atoms with Gasteiger partial charge in [0, 0.05) is 18.5 Å². The van der Waals surface area contributed by atoms with Crippen molar-refractivity contribution in [2.24, 2.45) is 0 Å². The predicted molar refractivity (Wildman–Crippen MR) is 52.3 cm³/mol. The van der Waals surface area contributed by atoms with Crippen molar-refractivity contribution < 1.29 is 14.6 Å². The third-order valence-corrected chi connectivity index (χ3v) is 2.33. The molecule has 0 aliphatic heterocycles. The molecule has 14 heavy (non-hydrogen) atoms. The Morgan fingerprint density at radius 2 is 2.00 bits per heavy atom. The van der Waals surface area contributed by atoms with E-state index in [0.717, 1.165) is 11.4 Å². The van der Waals surface area contributed by atoms with E-state index in [9.17, 15) is 4.79 Å². The average Bonchev–Trinajstić information content (AvgIpc) is 2.43. The lowest BCUT2D eigenvalue weighted by molar-refractivity contribution is -0.149. The van der Waals surface area contributed by atoms with Crippen LogP contribution in [-0.4, -0.2) is 28.9 Å². The highest BCUT2D eigenvalue weighted by atomic mass is 16.5. The molecule has 0 radical (unpaired) electrons. The third-order valence-electron chi connectivity index (χ3n) is 2.33. The predicted octanol–water partition coefficient (Wildman–Crippen LogP) is 1.20. The molecule has 0 aromatic carbocycles. The number of carbonyl (C=O) groups is 1. The van der Waals surface area contributed by atoms with Crippen LogP contribution in [0.1, 0.15) is 11.4 Å². The summed E-state index contributed by atoms with van der Waals surface area (Å²) in [7, 11) is 1.41. The molecule has 1 aromatic rings. The molecule has 1 N–H and O–H groups in total. The van der Waals surface area contributed by atoms with Crippen LogP contribution < -0.4 is 0 Å². The first-order chi connectivity index (χ1) is 6.56. The van der Waals surface area contributed by atoms with Crippen LogP contribution >= 0.6 is 0 Å². The molecule has 0 aliphatic rings. The number of rotatable bonds is 4. The smallest absolute Gasteiger partial charge is 0.334 e. The minimum Gasteiger partial charge on any atom is -0.479 e. The Hall–Kier alpha value is -1.29. The van der Waals surface area contributed by atoms with Crippen molar-refractivity contribution >= 4 is 5.97 Å². The first-order valence-corrected chi connectivity index (χ1v) is 4.44. The molecule has 0 spiro atoms. The van der Waals surface area contributed by atoms with Crippen molar-refractivity contribution in [1.82, 2.24) is 4.57 Å². The maximum atomic E-state index is 10.7. The number of aliphatic carboxylic acids is 1. The van der Waals surface area contributed by atoms with Gasteiger partial charge < -0.3 is 14.4 Å². The van der Waals surface area contributed by atoms with Crippen molar-refractivity contribution in [3.63, 3.8) is 0 Å². The number of nitrogens with zero attached hydrogens (tertiary/aromatic N) is 1. The molecule has 1 rings (SSSR count). The molecule has 1 atom stereocenters. The quantitative estimate of drug-likeness (QED) is 0.789. The number of aromatic nitrogens is 1. The van der Waals surface area contributed by atoms with Crippen molar-refractivity contribution in [2.75, 3.05) is 7.11 Å². The lowest BCUT2D eigenvalue weighted by atomic mass is 10.3. The van der Waals surface area contributed by atoms with Crippen molar-refractivity contribution in [3.8, 4) is 0 Å². The summed E-state index contributed by atoms with van der Waals surface area (Å²) in [6.07, 6.45) is -0.778. The van der Waals surface area contributed by atoms with E-state index in [-0.39, 0.29) is 0 Å². The Morgan fingerprint density at radius 1 is 1.50 bits per heavy atom. The summed E-state index contributed by atoms with van der Waals surface area (Å²) in [4.78, 5) is 10.7. The van der Waals surface area contributed by atoms with E-state index >= 15 is 0 Å². The molecule has 0 fully saturated rings. The molecule has 0 saturated heterocycles. The van der Waals surface area contributed by atoms with E-state index in [4.69, 9.17) is 9.84 Å². The Balaban J connectivity index is 2.81. The molecule has 4 heteroatoms. The monoisotopic (exact) mass is 197 g/mol. The minimum absolute atomic E-state index is 0.358. The van der Waals surface area contributed by atoms with Crippen LogP contribution in [0.3, 0.4) is 0 Å². The van der Waals surface area contributed by atoms with Gasteiger partial charge in [0.2, 0.25) is 0 Å². The molecule has 1 heterocycles. The lowest BCUT2D eigenvalue weighted by Gasteiger charge is -2.14. The second-order valence-corrected chi connectivity index (χ2v) is 3.29. The van der Waals surface area contributed by atoms with Crippen LogP contribution in [0.25, 0.3) is 0 Å². The first-order valence-electron chi connectivity index (χ1n) is 4.44. The van der Waals surface area contributed by atoms with Gasteiger partial charge in [0.15, 0.2) is 6.10 Å². The highest BCUT2D eigenvalue weighted by Crippen LogP contribution is 2.09. The zero-order valence-electron chi connectivity index (χ0n) is 8.65. The molecular weight excluding hydrogens is 182 g/mol. The van der Waals surface area contributed by atoms with Gasteiger partial charge >= 0.3 is 5.97 Å². The van der Waals surface area contributed by atoms with Gasteiger partial charge in [0.05, 0.1) is 6.54 Å². The molecule has 0 saturated carbocycles. The van der Waals surface area contributed by atoms with E-state index in [1.165, 1.54) is 7.11 Å². The van der Waals surface area contributed by atoms with Crippen molar-refractivity contribution in [3.05, 3.63) is 23.5 Å². The molecular formula is C10H15NO3. The molecule has 1 aromatic heterocycles. The fraction of sp³-hybridized carbons (Fsp3) is 0.500. The Kier molecular flexibility index (Phi) is 3.30. The minimum atomic E-state index is -0.931. The number of ether oxygens (including phenoxy) is 1. The molecule has 4 nitrogen and oxygen atoms in total. The summed E-state index contributed by atoms with van der Waals surface area (Å²) < 4.78 is 6.81. The van der Waals surface area contributed by atoms with Gasteiger partial charge in [-0.25, -0.2) is 4.79 Å². The summed E-state index contributed by atoms with van der Waals surface area (Å²) in [5.41, 5.74) is 2.09. The standard InChI is InChI=1S/C10H15NO3/c1-7-4-5-8(2)11(7)6-9(14-3)10(12)13/h4-5,9H,6H2,1-3H3,(H,12,13). The zero-order chi connectivity index (χ0) is 10.7. The summed E-state index contributed by atoms with van der Waals surface area (Å²) in [6, 6.07) is 3.92. The second-order valence-electron chi connectivity index (χ2n) is 3.29. The summed E-state index contributed by atoms with van der Waals surface area (Å²) in [6.45, 7) is 4.25. The maximum Gasteiger partial charge on any atom is 0.334 e. The van der Waals surface area contributed by atoms with Crippen molar-refractivity contribution in [1.29, 1.82) is 0 Å². The molecule has 0 amide bonds. The van der Waals surface area contributed by atoms with Gasteiger partial charge in [0.25, 0.3) is 0 Å². The zero-order valence-corrected chi connectivity index (χ0v) is 8.65. The van der Waals surface area contributed by atoms with Gasteiger partial charge in [-0.2, -0.15) is 0 Å². The van der Waals surface area contributed by atoms with Gasteiger partial charge in [-0.05, 0) is 26.0 Å². The Labute approximate surface area is 83.1 Å². The first kappa shape index (κ1) is 10.8. The summed E-state index contributed by atoms with van der Waals surface area (Å²) >= 11 is 0. The highest BCUT2D eigenvalue weighted by molar-refractivity contribution is 5.72.